The number of amides is 1. The highest BCUT2D eigenvalue weighted by molar-refractivity contribution is 5.97. The molecule has 1 heterocycles. The van der Waals surface area contributed by atoms with Gasteiger partial charge >= 0.3 is 0 Å². The number of ether oxygens (including phenoxy) is 1. The largest absolute Gasteiger partial charge is 0.497 e. The van der Waals surface area contributed by atoms with E-state index in [1.807, 2.05) is 37.4 Å². The lowest BCUT2D eigenvalue weighted by Crippen LogP contribution is -2.22. The molecule has 22 heavy (non-hydrogen) atoms. The van der Waals surface area contributed by atoms with Crippen molar-refractivity contribution in [3.05, 3.63) is 53.6 Å². The van der Waals surface area contributed by atoms with E-state index in [0.29, 0.717) is 17.6 Å². The fourth-order valence-corrected chi connectivity index (χ4v) is 2.25. The van der Waals surface area contributed by atoms with Crippen molar-refractivity contribution in [2.24, 2.45) is 7.05 Å². The third-order valence-electron chi connectivity index (χ3n) is 3.46. The number of aromatic nitrogens is 3. The van der Waals surface area contributed by atoms with Crippen LogP contribution in [0, 0.1) is 0 Å². The molecule has 0 spiro atoms. The van der Waals surface area contributed by atoms with Crippen LogP contribution in [0.1, 0.15) is 15.9 Å². The first kappa shape index (κ1) is 14.1. The highest BCUT2D eigenvalue weighted by atomic mass is 16.5. The molecule has 1 amide bonds. The van der Waals surface area contributed by atoms with Crippen molar-refractivity contribution in [1.29, 1.82) is 0 Å². The van der Waals surface area contributed by atoms with Crippen molar-refractivity contribution >= 4 is 16.9 Å². The van der Waals surface area contributed by atoms with Gasteiger partial charge in [0.25, 0.3) is 5.91 Å². The molecule has 0 fully saturated rings. The molecule has 1 N–H and O–H groups in total. The van der Waals surface area contributed by atoms with Gasteiger partial charge in [-0.3, -0.25) is 4.79 Å². The second kappa shape index (κ2) is 5.85. The van der Waals surface area contributed by atoms with E-state index in [9.17, 15) is 4.79 Å². The molecule has 0 unspecified atom stereocenters. The summed E-state index contributed by atoms with van der Waals surface area (Å²) in [5, 5.41) is 10.8. The minimum atomic E-state index is -0.143. The zero-order valence-electron chi connectivity index (χ0n) is 12.4. The molecule has 0 saturated heterocycles. The van der Waals surface area contributed by atoms with Gasteiger partial charge in [0, 0.05) is 19.2 Å². The maximum absolute atomic E-state index is 12.2. The van der Waals surface area contributed by atoms with E-state index in [2.05, 4.69) is 15.6 Å². The van der Waals surface area contributed by atoms with Crippen molar-refractivity contribution in [3.63, 3.8) is 0 Å². The Morgan fingerprint density at radius 1 is 1.27 bits per heavy atom. The van der Waals surface area contributed by atoms with E-state index in [1.165, 1.54) is 0 Å². The molecule has 3 aromatic rings. The van der Waals surface area contributed by atoms with Gasteiger partial charge < -0.3 is 10.1 Å². The van der Waals surface area contributed by atoms with Crippen molar-refractivity contribution in [2.45, 2.75) is 6.54 Å². The van der Waals surface area contributed by atoms with Crippen LogP contribution in [-0.2, 0) is 13.6 Å². The topological polar surface area (TPSA) is 69.0 Å². The predicted molar refractivity (Wildman–Crippen MR) is 82.7 cm³/mol. The number of carbonyl (C=O) groups excluding carboxylic acids is 1. The summed E-state index contributed by atoms with van der Waals surface area (Å²) < 4.78 is 6.84. The minimum Gasteiger partial charge on any atom is -0.497 e. The number of fused-ring (bicyclic) bond motifs is 1. The van der Waals surface area contributed by atoms with Gasteiger partial charge in [0.05, 0.1) is 12.6 Å². The van der Waals surface area contributed by atoms with Crippen molar-refractivity contribution in [3.8, 4) is 5.75 Å². The fraction of sp³-hybridized carbons (Fsp3) is 0.188. The van der Waals surface area contributed by atoms with Crippen molar-refractivity contribution in [1.82, 2.24) is 20.3 Å². The average molecular weight is 296 g/mol. The Hall–Kier alpha value is -2.89. The van der Waals surface area contributed by atoms with Gasteiger partial charge in [0.15, 0.2) is 0 Å². The summed E-state index contributed by atoms with van der Waals surface area (Å²) in [6, 6.07) is 13.0. The number of benzene rings is 2. The van der Waals surface area contributed by atoms with Gasteiger partial charge in [0.1, 0.15) is 11.3 Å². The van der Waals surface area contributed by atoms with E-state index in [-0.39, 0.29) is 5.91 Å². The lowest BCUT2D eigenvalue weighted by atomic mass is 10.1. The van der Waals surface area contributed by atoms with Gasteiger partial charge in [-0.15, -0.1) is 5.10 Å². The second-order valence-corrected chi connectivity index (χ2v) is 4.95. The molecule has 0 bridgehead atoms. The Balaban J connectivity index is 1.72. The lowest BCUT2D eigenvalue weighted by Gasteiger charge is -2.07. The van der Waals surface area contributed by atoms with E-state index >= 15 is 0 Å². The standard InChI is InChI=1S/C16H16N4O2/c1-20-15-7-6-12(9-14(15)18-19-20)16(21)17-10-11-4-3-5-13(8-11)22-2/h3-9H,10H2,1-2H3,(H,17,21). The summed E-state index contributed by atoms with van der Waals surface area (Å²) >= 11 is 0. The third-order valence-corrected chi connectivity index (χ3v) is 3.46. The lowest BCUT2D eigenvalue weighted by molar-refractivity contribution is 0.0951. The van der Waals surface area contributed by atoms with Crippen LogP contribution in [0.15, 0.2) is 42.5 Å². The monoisotopic (exact) mass is 296 g/mol. The molecule has 1 aromatic heterocycles. The smallest absolute Gasteiger partial charge is 0.251 e. The number of hydrogen-bond acceptors (Lipinski definition) is 4. The second-order valence-electron chi connectivity index (χ2n) is 4.95. The highest BCUT2D eigenvalue weighted by Crippen LogP contribution is 2.14. The number of hydrogen-bond donors (Lipinski definition) is 1. The molecule has 3 rings (SSSR count). The number of methoxy groups -OCH3 is 1. The minimum absolute atomic E-state index is 0.143. The first-order valence-corrected chi connectivity index (χ1v) is 6.88. The van der Waals surface area contributed by atoms with Crippen LogP contribution in [0.5, 0.6) is 5.75 Å². The van der Waals surface area contributed by atoms with Crippen LogP contribution in [-0.4, -0.2) is 28.0 Å². The Morgan fingerprint density at radius 2 is 2.14 bits per heavy atom. The number of nitrogens with one attached hydrogen (secondary N) is 1. The SMILES string of the molecule is COc1cccc(CNC(=O)c2ccc3c(c2)nnn3C)c1. The zero-order chi connectivity index (χ0) is 15.5. The number of nitrogens with zero attached hydrogens (tertiary/aromatic N) is 3. The predicted octanol–water partition coefficient (Wildman–Crippen LogP) is 1.91. The molecule has 0 radical (unpaired) electrons. The van der Waals surface area contributed by atoms with Gasteiger partial charge in [0.2, 0.25) is 0 Å². The molecular weight excluding hydrogens is 280 g/mol. The Labute approximate surface area is 127 Å². The molecule has 0 saturated carbocycles. The number of carbonyl (C=O) groups is 1. The molecule has 0 aliphatic rings. The molecular formula is C16H16N4O2. The highest BCUT2D eigenvalue weighted by Gasteiger charge is 2.09. The van der Waals surface area contributed by atoms with Crippen LogP contribution in [0.3, 0.4) is 0 Å². The summed E-state index contributed by atoms with van der Waals surface area (Å²) in [4.78, 5) is 12.2. The molecule has 6 nitrogen and oxygen atoms in total. The van der Waals surface area contributed by atoms with Crippen LogP contribution >= 0.6 is 0 Å². The molecule has 112 valence electrons. The van der Waals surface area contributed by atoms with Crippen molar-refractivity contribution < 1.29 is 9.53 Å². The summed E-state index contributed by atoms with van der Waals surface area (Å²) in [6.45, 7) is 0.439. The molecule has 0 atom stereocenters. The van der Waals surface area contributed by atoms with E-state index in [0.717, 1.165) is 16.8 Å². The summed E-state index contributed by atoms with van der Waals surface area (Å²) in [7, 11) is 3.44. The van der Waals surface area contributed by atoms with Crippen LogP contribution < -0.4 is 10.1 Å². The van der Waals surface area contributed by atoms with Crippen molar-refractivity contribution in [2.75, 3.05) is 7.11 Å². The van der Waals surface area contributed by atoms with Crippen LogP contribution in [0.25, 0.3) is 11.0 Å². The molecule has 0 aliphatic carbocycles. The first-order valence-electron chi connectivity index (χ1n) is 6.88. The summed E-state index contributed by atoms with van der Waals surface area (Å²) in [6.07, 6.45) is 0. The summed E-state index contributed by atoms with van der Waals surface area (Å²) in [5.74, 6) is 0.628. The van der Waals surface area contributed by atoms with Gasteiger partial charge in [-0.1, -0.05) is 17.3 Å². The summed E-state index contributed by atoms with van der Waals surface area (Å²) in [5.41, 5.74) is 3.14. The maximum Gasteiger partial charge on any atom is 0.251 e. The quantitative estimate of drug-likeness (QED) is 0.798. The van der Waals surface area contributed by atoms with E-state index < -0.39 is 0 Å². The number of rotatable bonds is 4. The third kappa shape index (κ3) is 2.76. The van der Waals surface area contributed by atoms with Gasteiger partial charge in [-0.2, -0.15) is 0 Å². The zero-order valence-corrected chi connectivity index (χ0v) is 12.4. The normalized spacial score (nSPS) is 10.6. The van der Waals surface area contributed by atoms with Gasteiger partial charge in [-0.25, -0.2) is 4.68 Å². The Kier molecular flexibility index (Phi) is 3.74. The Morgan fingerprint density at radius 3 is 2.95 bits per heavy atom. The van der Waals surface area contributed by atoms with E-state index in [1.54, 1.807) is 23.9 Å². The van der Waals surface area contributed by atoms with Crippen LogP contribution in [0.2, 0.25) is 0 Å². The molecule has 6 heteroatoms. The Bertz CT molecular complexity index is 826. The molecule has 2 aromatic carbocycles. The van der Waals surface area contributed by atoms with Gasteiger partial charge in [-0.05, 0) is 35.9 Å². The fourth-order valence-electron chi connectivity index (χ4n) is 2.25. The van der Waals surface area contributed by atoms with Crippen LogP contribution in [0.4, 0.5) is 0 Å². The average Bonchev–Trinajstić information content (AvgIpc) is 2.93. The maximum atomic E-state index is 12.2. The molecule has 0 aliphatic heterocycles. The first-order chi connectivity index (χ1) is 10.7. The number of aryl methyl sites for hydroxylation is 1. The van der Waals surface area contributed by atoms with E-state index in [4.69, 9.17) is 4.74 Å².